The molecule has 0 unspecified atom stereocenters. The van der Waals surface area contributed by atoms with Crippen LogP contribution in [0.15, 0.2) is 212 Å². The summed E-state index contributed by atoms with van der Waals surface area (Å²) in [4.78, 5) is 15.2. The lowest BCUT2D eigenvalue weighted by molar-refractivity contribution is 0.794. The molecule has 9 aromatic carbocycles. The van der Waals surface area contributed by atoms with Crippen molar-refractivity contribution in [3.8, 4) is 78.7 Å². The van der Waals surface area contributed by atoms with Gasteiger partial charge >= 0.3 is 0 Å². The number of hydrogen-bond acceptors (Lipinski definition) is 4. The normalized spacial score (nSPS) is 13.0. The number of aromatic nitrogens is 3. The molecule has 0 atom stereocenters. The molecule has 0 saturated carbocycles. The maximum Gasteiger partial charge on any atom is 0.164 e. The zero-order chi connectivity index (χ0) is 40.8. The summed E-state index contributed by atoms with van der Waals surface area (Å²) in [6.45, 7) is 0. The van der Waals surface area contributed by atoms with E-state index in [1.165, 1.54) is 81.5 Å². The number of benzene rings is 9. The molecule has 0 bridgehead atoms. The van der Waals surface area contributed by atoms with E-state index >= 15 is 0 Å². The highest BCUT2D eigenvalue weighted by molar-refractivity contribution is 7.26. The average Bonchev–Trinajstić information content (AvgIpc) is 3.98. The molecule has 13 rings (SSSR count). The van der Waals surface area contributed by atoms with Gasteiger partial charge in [-0.25, -0.2) is 15.0 Å². The Kier molecular flexibility index (Phi) is 7.69. The molecular formula is C58H35N3S. The third-order valence-corrected chi connectivity index (χ3v) is 14.1. The molecule has 288 valence electrons. The van der Waals surface area contributed by atoms with Crippen LogP contribution in [-0.2, 0) is 5.41 Å². The number of thiophene rings is 1. The summed E-state index contributed by atoms with van der Waals surface area (Å²) >= 11 is 1.81. The van der Waals surface area contributed by atoms with Gasteiger partial charge in [0.25, 0.3) is 0 Å². The first-order chi connectivity index (χ1) is 30.7. The van der Waals surface area contributed by atoms with E-state index in [1.54, 1.807) is 0 Å². The molecule has 3 nitrogen and oxygen atoms in total. The zero-order valence-corrected chi connectivity index (χ0v) is 34.3. The van der Waals surface area contributed by atoms with Gasteiger partial charge in [-0.15, -0.1) is 11.3 Å². The second kappa shape index (κ2) is 13.6. The van der Waals surface area contributed by atoms with Crippen LogP contribution in [0, 0.1) is 0 Å². The smallest absolute Gasteiger partial charge is 0.164 e. The van der Waals surface area contributed by atoms with Gasteiger partial charge in [0.2, 0.25) is 0 Å². The van der Waals surface area contributed by atoms with E-state index < -0.39 is 0 Å². The van der Waals surface area contributed by atoms with Crippen LogP contribution < -0.4 is 0 Å². The maximum atomic E-state index is 5.13. The van der Waals surface area contributed by atoms with Gasteiger partial charge in [-0.1, -0.05) is 182 Å². The Morgan fingerprint density at radius 2 is 0.742 bits per heavy atom. The van der Waals surface area contributed by atoms with Gasteiger partial charge in [-0.05, 0) is 97.1 Å². The van der Waals surface area contributed by atoms with Gasteiger partial charge in [0, 0.05) is 36.9 Å². The highest BCUT2D eigenvalue weighted by Crippen LogP contribution is 2.63. The van der Waals surface area contributed by atoms with E-state index in [0.29, 0.717) is 17.5 Å². The van der Waals surface area contributed by atoms with Crippen LogP contribution in [0.25, 0.3) is 98.8 Å². The Bertz CT molecular complexity index is 3470. The number of rotatable bonds is 5. The van der Waals surface area contributed by atoms with Crippen molar-refractivity contribution in [3.63, 3.8) is 0 Å². The Morgan fingerprint density at radius 3 is 1.35 bits per heavy atom. The topological polar surface area (TPSA) is 38.7 Å². The first kappa shape index (κ1) is 35.0. The van der Waals surface area contributed by atoms with Crippen molar-refractivity contribution in [1.29, 1.82) is 0 Å². The summed E-state index contributed by atoms with van der Waals surface area (Å²) < 4.78 is 2.43. The van der Waals surface area contributed by atoms with Crippen LogP contribution >= 0.6 is 11.3 Å². The third-order valence-electron chi connectivity index (χ3n) is 13.0. The minimum atomic E-state index is -0.377. The molecule has 1 spiro atoms. The number of hydrogen-bond donors (Lipinski definition) is 0. The zero-order valence-electron chi connectivity index (χ0n) is 33.5. The fraction of sp³-hybridized carbons (Fsp3) is 0.0172. The van der Waals surface area contributed by atoms with Crippen LogP contribution in [0.1, 0.15) is 22.3 Å². The largest absolute Gasteiger partial charge is 0.208 e. The predicted molar refractivity (Wildman–Crippen MR) is 256 cm³/mol. The molecule has 11 aromatic rings. The van der Waals surface area contributed by atoms with E-state index in [0.717, 1.165) is 22.1 Å². The lowest BCUT2D eigenvalue weighted by atomic mass is 9.70. The second-order valence-corrected chi connectivity index (χ2v) is 17.3. The molecule has 2 aliphatic carbocycles. The molecule has 0 amide bonds. The standard InChI is InChI=1S/C58H35N3S/c1-3-15-36(16-4-1)55-59-56(37-17-5-2-6-18-37)61-57(60-55)46-24-14-28-53-54(46)47-34-40(30-32-52(47)62-53)38-19-13-20-39(33-38)41-29-31-45-44-23-9-12-27-50(44)58(51(45)35-41)48-25-10-7-21-42(48)43-22-8-11-26-49(43)58/h1-35H. The van der Waals surface area contributed by atoms with Crippen LogP contribution in [0.4, 0.5) is 0 Å². The molecule has 0 saturated heterocycles. The van der Waals surface area contributed by atoms with E-state index in [1.807, 2.05) is 47.7 Å². The van der Waals surface area contributed by atoms with Crippen molar-refractivity contribution in [2.45, 2.75) is 5.41 Å². The quantitative estimate of drug-likeness (QED) is 0.174. The predicted octanol–water partition coefficient (Wildman–Crippen LogP) is 14.9. The summed E-state index contributed by atoms with van der Waals surface area (Å²) in [6.07, 6.45) is 0. The summed E-state index contributed by atoms with van der Waals surface area (Å²) in [5.74, 6) is 1.98. The Balaban J connectivity index is 0.947. The molecule has 0 fully saturated rings. The molecule has 2 aliphatic rings. The number of nitrogens with zero attached hydrogens (tertiary/aromatic N) is 3. The average molecular weight is 806 g/mol. The lowest BCUT2D eigenvalue weighted by Gasteiger charge is -2.30. The van der Waals surface area contributed by atoms with Gasteiger partial charge in [-0.2, -0.15) is 0 Å². The molecule has 2 heterocycles. The molecule has 4 heteroatoms. The molecule has 0 radical (unpaired) electrons. The van der Waals surface area contributed by atoms with E-state index in [4.69, 9.17) is 15.0 Å². The summed E-state index contributed by atoms with van der Waals surface area (Å²) in [5.41, 5.74) is 18.0. The fourth-order valence-corrected chi connectivity index (χ4v) is 11.4. The van der Waals surface area contributed by atoms with E-state index in [2.05, 4.69) is 176 Å². The fourth-order valence-electron chi connectivity index (χ4n) is 10.3. The minimum absolute atomic E-state index is 0.377. The SMILES string of the molecule is c1ccc(-c2nc(-c3ccccc3)nc(-c3cccc4sc5ccc(-c6cccc(-c7ccc8c(c7)C7(c9ccccc9-c9ccccc97)c7ccccc7-8)c6)cc5c34)n2)cc1. The van der Waals surface area contributed by atoms with Crippen LogP contribution in [0.2, 0.25) is 0 Å². The highest BCUT2D eigenvalue weighted by atomic mass is 32.1. The van der Waals surface area contributed by atoms with Gasteiger partial charge in [0.1, 0.15) is 0 Å². The van der Waals surface area contributed by atoms with Crippen molar-refractivity contribution in [1.82, 2.24) is 15.0 Å². The monoisotopic (exact) mass is 805 g/mol. The van der Waals surface area contributed by atoms with Crippen molar-refractivity contribution in [2.75, 3.05) is 0 Å². The van der Waals surface area contributed by atoms with Crippen LogP contribution in [0.5, 0.6) is 0 Å². The first-order valence-corrected chi connectivity index (χ1v) is 21.9. The molecule has 62 heavy (non-hydrogen) atoms. The van der Waals surface area contributed by atoms with Crippen LogP contribution in [0.3, 0.4) is 0 Å². The Labute approximate surface area is 363 Å². The summed E-state index contributed by atoms with van der Waals surface area (Å²) in [6, 6.07) is 77.0. The first-order valence-electron chi connectivity index (χ1n) is 21.1. The lowest BCUT2D eigenvalue weighted by Crippen LogP contribution is -2.25. The Hall–Kier alpha value is -7.79. The highest BCUT2D eigenvalue weighted by Gasteiger charge is 2.51. The summed E-state index contributed by atoms with van der Waals surface area (Å²) in [7, 11) is 0. The van der Waals surface area contributed by atoms with Gasteiger partial charge < -0.3 is 0 Å². The molecule has 2 aromatic heterocycles. The Morgan fingerprint density at radius 1 is 0.290 bits per heavy atom. The van der Waals surface area contributed by atoms with E-state index in [9.17, 15) is 0 Å². The van der Waals surface area contributed by atoms with E-state index in [-0.39, 0.29) is 5.41 Å². The van der Waals surface area contributed by atoms with Crippen molar-refractivity contribution < 1.29 is 0 Å². The second-order valence-electron chi connectivity index (χ2n) is 16.3. The maximum absolute atomic E-state index is 5.13. The third kappa shape index (κ3) is 5.14. The summed E-state index contributed by atoms with van der Waals surface area (Å²) in [5, 5.41) is 2.36. The van der Waals surface area contributed by atoms with Crippen molar-refractivity contribution in [3.05, 3.63) is 235 Å². The van der Waals surface area contributed by atoms with Gasteiger partial charge in [-0.3, -0.25) is 0 Å². The van der Waals surface area contributed by atoms with Gasteiger partial charge in [0.15, 0.2) is 17.5 Å². The molecular weight excluding hydrogens is 771 g/mol. The molecule has 0 N–H and O–H groups in total. The van der Waals surface area contributed by atoms with Crippen molar-refractivity contribution in [2.24, 2.45) is 0 Å². The van der Waals surface area contributed by atoms with Crippen molar-refractivity contribution >= 4 is 31.5 Å². The molecule has 0 aliphatic heterocycles. The van der Waals surface area contributed by atoms with Crippen LogP contribution in [-0.4, -0.2) is 15.0 Å². The minimum Gasteiger partial charge on any atom is -0.208 e. The van der Waals surface area contributed by atoms with Gasteiger partial charge in [0.05, 0.1) is 5.41 Å². The number of fused-ring (bicyclic) bond motifs is 13.